The summed E-state index contributed by atoms with van der Waals surface area (Å²) in [5.74, 6) is 0.598. The van der Waals surface area contributed by atoms with E-state index in [0.29, 0.717) is 12.5 Å². The Hall–Kier alpha value is -2.04. The molecule has 1 saturated heterocycles. The van der Waals surface area contributed by atoms with Crippen LogP contribution in [0.4, 0.5) is 10.5 Å². The second-order valence-corrected chi connectivity index (χ2v) is 5.61. The van der Waals surface area contributed by atoms with Crippen LogP contribution in [-0.4, -0.2) is 19.1 Å². The molecule has 2 aromatic rings. The van der Waals surface area contributed by atoms with Crippen LogP contribution in [-0.2, 0) is 6.54 Å². The minimum Gasteiger partial charge on any atom is -0.334 e. The van der Waals surface area contributed by atoms with Gasteiger partial charge in [-0.2, -0.15) is 0 Å². The second kappa shape index (κ2) is 8.56. The van der Waals surface area contributed by atoms with Gasteiger partial charge in [-0.1, -0.05) is 42.5 Å². The molecular formula is C18H22ClN3O. The Morgan fingerprint density at radius 3 is 2.48 bits per heavy atom. The van der Waals surface area contributed by atoms with Crippen molar-refractivity contribution in [2.75, 3.05) is 18.4 Å². The van der Waals surface area contributed by atoms with Crippen LogP contribution in [0.2, 0.25) is 0 Å². The molecule has 2 amide bonds. The molecule has 0 spiro atoms. The van der Waals surface area contributed by atoms with Crippen LogP contribution in [0.3, 0.4) is 0 Å². The van der Waals surface area contributed by atoms with E-state index in [-0.39, 0.29) is 18.4 Å². The lowest BCUT2D eigenvalue weighted by atomic mass is 9.98. The zero-order chi connectivity index (χ0) is 15.2. The fraction of sp³-hybridized carbons (Fsp3) is 0.278. The molecule has 1 unspecified atom stereocenters. The SMILES string of the molecule is Cl.O=C(NCc1ccccc1)Nc1ccc(C2CCNC2)cc1. The van der Waals surface area contributed by atoms with Gasteiger partial charge in [0.25, 0.3) is 0 Å². The molecule has 0 bridgehead atoms. The normalized spacial score (nSPS) is 16.4. The summed E-state index contributed by atoms with van der Waals surface area (Å²) in [6.07, 6.45) is 1.18. The lowest BCUT2D eigenvalue weighted by Gasteiger charge is -2.11. The number of carbonyl (C=O) groups is 1. The maximum Gasteiger partial charge on any atom is 0.319 e. The number of amides is 2. The van der Waals surface area contributed by atoms with Gasteiger partial charge in [0.05, 0.1) is 0 Å². The quantitative estimate of drug-likeness (QED) is 0.803. The third-order valence-electron chi connectivity index (χ3n) is 4.00. The molecule has 0 radical (unpaired) electrons. The third kappa shape index (κ3) is 4.98. The Bertz CT molecular complexity index is 610. The van der Waals surface area contributed by atoms with Gasteiger partial charge in [0.15, 0.2) is 0 Å². The van der Waals surface area contributed by atoms with Gasteiger partial charge >= 0.3 is 6.03 Å². The molecule has 0 aliphatic carbocycles. The molecule has 3 rings (SSSR count). The first-order valence-electron chi connectivity index (χ1n) is 7.71. The van der Waals surface area contributed by atoms with Crippen molar-refractivity contribution in [2.24, 2.45) is 0 Å². The van der Waals surface area contributed by atoms with Crippen LogP contribution in [0.5, 0.6) is 0 Å². The molecule has 122 valence electrons. The molecule has 1 aliphatic rings. The maximum absolute atomic E-state index is 11.9. The number of halogens is 1. The Morgan fingerprint density at radius 2 is 1.83 bits per heavy atom. The summed E-state index contributed by atoms with van der Waals surface area (Å²) in [5.41, 5.74) is 3.24. The van der Waals surface area contributed by atoms with E-state index in [9.17, 15) is 4.79 Å². The van der Waals surface area contributed by atoms with Gasteiger partial charge < -0.3 is 16.0 Å². The number of urea groups is 1. The Balaban J connectivity index is 0.00000192. The highest BCUT2D eigenvalue weighted by molar-refractivity contribution is 5.89. The largest absolute Gasteiger partial charge is 0.334 e. The molecule has 2 aromatic carbocycles. The van der Waals surface area contributed by atoms with Gasteiger partial charge in [-0.25, -0.2) is 4.79 Å². The first kappa shape index (κ1) is 17.3. The Kier molecular flexibility index (Phi) is 6.44. The first-order valence-corrected chi connectivity index (χ1v) is 7.71. The predicted molar refractivity (Wildman–Crippen MR) is 96.2 cm³/mol. The Morgan fingerprint density at radius 1 is 1.09 bits per heavy atom. The number of benzene rings is 2. The third-order valence-corrected chi connectivity index (χ3v) is 4.00. The molecule has 0 aromatic heterocycles. The number of hydrogen-bond donors (Lipinski definition) is 3. The van der Waals surface area contributed by atoms with Crippen molar-refractivity contribution >= 4 is 24.1 Å². The van der Waals surface area contributed by atoms with Gasteiger partial charge in [0.2, 0.25) is 0 Å². The smallest absolute Gasteiger partial charge is 0.319 e. The summed E-state index contributed by atoms with van der Waals surface area (Å²) in [6.45, 7) is 2.66. The summed E-state index contributed by atoms with van der Waals surface area (Å²) in [6, 6.07) is 17.8. The van der Waals surface area contributed by atoms with Crippen LogP contribution in [0.1, 0.15) is 23.5 Å². The summed E-state index contributed by atoms with van der Waals surface area (Å²) in [5, 5.41) is 9.09. The van der Waals surface area contributed by atoms with E-state index in [1.54, 1.807) is 0 Å². The average Bonchev–Trinajstić information content (AvgIpc) is 3.09. The van der Waals surface area contributed by atoms with Gasteiger partial charge in [0, 0.05) is 18.8 Å². The highest BCUT2D eigenvalue weighted by atomic mass is 35.5. The molecule has 1 fully saturated rings. The van der Waals surface area contributed by atoms with Crippen molar-refractivity contribution in [2.45, 2.75) is 18.9 Å². The number of anilines is 1. The monoisotopic (exact) mass is 331 g/mol. The van der Waals surface area contributed by atoms with E-state index in [1.807, 2.05) is 42.5 Å². The molecule has 0 saturated carbocycles. The molecule has 5 heteroatoms. The van der Waals surface area contributed by atoms with Gasteiger partial charge in [-0.15, -0.1) is 12.4 Å². The van der Waals surface area contributed by atoms with Gasteiger partial charge in [-0.3, -0.25) is 0 Å². The van der Waals surface area contributed by atoms with Crippen molar-refractivity contribution < 1.29 is 4.79 Å². The number of carbonyl (C=O) groups excluding carboxylic acids is 1. The lowest BCUT2D eigenvalue weighted by Crippen LogP contribution is -2.28. The molecule has 1 aliphatic heterocycles. The van der Waals surface area contributed by atoms with Crippen molar-refractivity contribution in [3.8, 4) is 0 Å². The Labute approximate surface area is 143 Å². The van der Waals surface area contributed by atoms with Crippen molar-refractivity contribution in [3.05, 3.63) is 65.7 Å². The topological polar surface area (TPSA) is 53.2 Å². The highest BCUT2D eigenvalue weighted by Crippen LogP contribution is 2.23. The number of nitrogens with one attached hydrogen (secondary N) is 3. The summed E-state index contributed by atoms with van der Waals surface area (Å²) in [7, 11) is 0. The molecule has 3 N–H and O–H groups in total. The summed E-state index contributed by atoms with van der Waals surface area (Å²) in [4.78, 5) is 11.9. The number of rotatable bonds is 4. The fourth-order valence-electron chi connectivity index (χ4n) is 2.73. The molecular weight excluding hydrogens is 310 g/mol. The second-order valence-electron chi connectivity index (χ2n) is 5.61. The van der Waals surface area contributed by atoms with E-state index in [0.717, 1.165) is 24.3 Å². The van der Waals surface area contributed by atoms with Crippen LogP contribution >= 0.6 is 12.4 Å². The van der Waals surface area contributed by atoms with Crippen LogP contribution in [0, 0.1) is 0 Å². The predicted octanol–water partition coefficient (Wildman–Crippen LogP) is 3.51. The fourth-order valence-corrected chi connectivity index (χ4v) is 2.73. The van der Waals surface area contributed by atoms with E-state index in [4.69, 9.17) is 0 Å². The van der Waals surface area contributed by atoms with Crippen LogP contribution in [0.25, 0.3) is 0 Å². The van der Waals surface area contributed by atoms with Crippen molar-refractivity contribution in [1.82, 2.24) is 10.6 Å². The number of hydrogen-bond acceptors (Lipinski definition) is 2. The summed E-state index contributed by atoms with van der Waals surface area (Å²) < 4.78 is 0. The maximum atomic E-state index is 11.9. The average molecular weight is 332 g/mol. The van der Waals surface area contributed by atoms with E-state index in [2.05, 4.69) is 28.1 Å². The van der Waals surface area contributed by atoms with E-state index >= 15 is 0 Å². The molecule has 23 heavy (non-hydrogen) atoms. The highest BCUT2D eigenvalue weighted by Gasteiger charge is 2.16. The molecule has 4 nitrogen and oxygen atoms in total. The summed E-state index contributed by atoms with van der Waals surface area (Å²) >= 11 is 0. The van der Waals surface area contributed by atoms with E-state index < -0.39 is 0 Å². The van der Waals surface area contributed by atoms with Gasteiger partial charge in [-0.05, 0) is 42.1 Å². The van der Waals surface area contributed by atoms with Gasteiger partial charge in [0.1, 0.15) is 0 Å². The first-order chi connectivity index (χ1) is 10.8. The minimum absolute atomic E-state index is 0. The van der Waals surface area contributed by atoms with Crippen LogP contribution < -0.4 is 16.0 Å². The van der Waals surface area contributed by atoms with Crippen LogP contribution in [0.15, 0.2) is 54.6 Å². The zero-order valence-corrected chi connectivity index (χ0v) is 13.7. The van der Waals surface area contributed by atoms with Crippen molar-refractivity contribution in [1.29, 1.82) is 0 Å². The van der Waals surface area contributed by atoms with E-state index in [1.165, 1.54) is 12.0 Å². The zero-order valence-electron chi connectivity index (χ0n) is 12.9. The molecule has 1 atom stereocenters. The van der Waals surface area contributed by atoms with Crippen molar-refractivity contribution in [3.63, 3.8) is 0 Å². The molecule has 1 heterocycles. The lowest BCUT2D eigenvalue weighted by molar-refractivity contribution is 0.251. The standard InChI is InChI=1S/C18H21N3O.ClH/c22-18(20-12-14-4-2-1-3-5-14)21-17-8-6-15(7-9-17)16-10-11-19-13-16;/h1-9,16,19H,10-13H2,(H2,20,21,22);1H. The minimum atomic E-state index is -0.181.